The van der Waals surface area contributed by atoms with Crippen LogP contribution in [0.3, 0.4) is 0 Å². The molecule has 1 atom stereocenters. The highest BCUT2D eigenvalue weighted by molar-refractivity contribution is 6.01. The molecule has 3 rings (SSSR count). The average molecular weight is 290 g/mol. The topological polar surface area (TPSA) is 78.9 Å². The van der Waals surface area contributed by atoms with E-state index in [1.54, 1.807) is 13.2 Å². The van der Waals surface area contributed by atoms with Crippen LogP contribution in [0.25, 0.3) is 0 Å². The number of fused-ring (bicyclic) bond motifs is 1. The number of carboxylic acids is 1. The fourth-order valence-electron chi connectivity index (χ4n) is 2.95. The summed E-state index contributed by atoms with van der Waals surface area (Å²) in [6.07, 6.45) is 2.09. The molecule has 2 amide bonds. The van der Waals surface area contributed by atoms with Crippen molar-refractivity contribution in [3.63, 3.8) is 0 Å². The molecule has 1 aromatic carbocycles. The van der Waals surface area contributed by atoms with Gasteiger partial charge in [-0.05, 0) is 24.5 Å². The van der Waals surface area contributed by atoms with E-state index in [0.29, 0.717) is 12.1 Å². The summed E-state index contributed by atoms with van der Waals surface area (Å²) >= 11 is 0. The highest BCUT2D eigenvalue weighted by Gasteiger charge is 2.40. The first-order valence-corrected chi connectivity index (χ1v) is 7.03. The average Bonchev–Trinajstić information content (AvgIpc) is 2.81. The quantitative estimate of drug-likeness (QED) is 0.881. The van der Waals surface area contributed by atoms with E-state index in [9.17, 15) is 14.7 Å². The van der Waals surface area contributed by atoms with Gasteiger partial charge in [-0.1, -0.05) is 18.2 Å². The summed E-state index contributed by atoms with van der Waals surface area (Å²) in [5, 5.41) is 12.2. The smallest absolute Gasteiger partial charge is 0.327 e. The standard InChI is InChI=1S/C15H18N2O4/c1-21-11-7-10(8-11)16-15(20)17-12-5-3-2-4-9(12)6-13(17)14(18)19/h2-5,10-11,13H,6-8H2,1H3,(H,16,20)(H,18,19)/t10?,11?,13-/m0/s1. The molecule has 1 fully saturated rings. The maximum atomic E-state index is 12.4. The van der Waals surface area contributed by atoms with Crippen molar-refractivity contribution in [2.24, 2.45) is 0 Å². The molecule has 0 radical (unpaired) electrons. The Hall–Kier alpha value is -2.08. The van der Waals surface area contributed by atoms with Crippen LogP contribution in [-0.4, -0.2) is 42.4 Å². The number of carbonyl (C=O) groups excluding carboxylic acids is 1. The molecule has 0 bridgehead atoms. The summed E-state index contributed by atoms with van der Waals surface area (Å²) < 4.78 is 5.18. The summed E-state index contributed by atoms with van der Waals surface area (Å²) in [5.74, 6) is -0.982. The van der Waals surface area contributed by atoms with Crippen molar-refractivity contribution in [3.05, 3.63) is 29.8 Å². The van der Waals surface area contributed by atoms with Gasteiger partial charge in [0.05, 0.1) is 6.10 Å². The van der Waals surface area contributed by atoms with Crippen LogP contribution in [0.5, 0.6) is 0 Å². The Balaban J connectivity index is 1.75. The molecule has 0 spiro atoms. The molecule has 1 aliphatic carbocycles. The lowest BCUT2D eigenvalue weighted by atomic mass is 9.89. The zero-order chi connectivity index (χ0) is 15.0. The van der Waals surface area contributed by atoms with Crippen molar-refractivity contribution >= 4 is 17.7 Å². The van der Waals surface area contributed by atoms with Crippen LogP contribution in [0.2, 0.25) is 0 Å². The number of nitrogens with one attached hydrogen (secondary N) is 1. The molecule has 1 saturated carbocycles. The molecular weight excluding hydrogens is 272 g/mol. The first-order valence-electron chi connectivity index (χ1n) is 7.03. The monoisotopic (exact) mass is 290 g/mol. The highest BCUT2D eigenvalue weighted by Crippen LogP contribution is 2.32. The van der Waals surface area contributed by atoms with E-state index in [-0.39, 0.29) is 18.2 Å². The summed E-state index contributed by atoms with van der Waals surface area (Å²) in [6, 6.07) is 6.21. The molecule has 112 valence electrons. The Labute approximate surface area is 122 Å². The number of hydrogen-bond acceptors (Lipinski definition) is 3. The summed E-state index contributed by atoms with van der Waals surface area (Å²) in [5.41, 5.74) is 1.58. The Morgan fingerprint density at radius 2 is 2.05 bits per heavy atom. The third kappa shape index (κ3) is 2.47. The van der Waals surface area contributed by atoms with Gasteiger partial charge in [-0.3, -0.25) is 4.90 Å². The number of urea groups is 1. The SMILES string of the molecule is COC1CC(NC(=O)N2c3ccccc3C[C@H]2C(=O)O)C1. The Morgan fingerprint density at radius 3 is 2.71 bits per heavy atom. The summed E-state index contributed by atoms with van der Waals surface area (Å²) in [6.45, 7) is 0. The molecular formula is C15H18N2O4. The normalized spacial score (nSPS) is 26.9. The minimum Gasteiger partial charge on any atom is -0.480 e. The number of carbonyl (C=O) groups is 2. The summed E-state index contributed by atoms with van der Waals surface area (Å²) in [7, 11) is 1.65. The van der Waals surface area contributed by atoms with Crippen LogP contribution in [0.15, 0.2) is 24.3 Å². The summed E-state index contributed by atoms with van der Waals surface area (Å²) in [4.78, 5) is 25.2. The van der Waals surface area contributed by atoms with Gasteiger partial charge in [0.2, 0.25) is 0 Å². The van der Waals surface area contributed by atoms with E-state index >= 15 is 0 Å². The number of amides is 2. The van der Waals surface area contributed by atoms with E-state index in [2.05, 4.69) is 5.32 Å². The Kier molecular flexibility index (Phi) is 3.55. The minimum atomic E-state index is -0.982. The predicted molar refractivity (Wildman–Crippen MR) is 76.4 cm³/mol. The Bertz CT molecular complexity index is 569. The van der Waals surface area contributed by atoms with Crippen molar-refractivity contribution < 1.29 is 19.4 Å². The van der Waals surface area contributed by atoms with Gasteiger partial charge in [-0.15, -0.1) is 0 Å². The van der Waals surface area contributed by atoms with Crippen LogP contribution in [0, 0.1) is 0 Å². The van der Waals surface area contributed by atoms with E-state index in [1.807, 2.05) is 18.2 Å². The predicted octanol–water partition coefficient (Wildman–Crippen LogP) is 1.39. The van der Waals surface area contributed by atoms with Gasteiger partial charge in [0.1, 0.15) is 6.04 Å². The molecule has 1 heterocycles. The fraction of sp³-hybridized carbons (Fsp3) is 0.467. The molecule has 1 aliphatic heterocycles. The second kappa shape index (κ2) is 5.37. The molecule has 6 heteroatoms. The van der Waals surface area contributed by atoms with Crippen molar-refractivity contribution in [3.8, 4) is 0 Å². The molecule has 2 aliphatic rings. The van der Waals surface area contributed by atoms with Gasteiger partial charge in [0, 0.05) is 25.3 Å². The number of ether oxygens (including phenoxy) is 1. The van der Waals surface area contributed by atoms with Crippen LogP contribution in [-0.2, 0) is 16.0 Å². The lowest BCUT2D eigenvalue weighted by Gasteiger charge is -2.36. The van der Waals surface area contributed by atoms with E-state index in [4.69, 9.17) is 4.74 Å². The van der Waals surface area contributed by atoms with Gasteiger partial charge >= 0.3 is 12.0 Å². The van der Waals surface area contributed by atoms with Gasteiger partial charge in [-0.2, -0.15) is 0 Å². The molecule has 6 nitrogen and oxygen atoms in total. The number of methoxy groups -OCH3 is 1. The number of benzene rings is 1. The zero-order valence-electron chi connectivity index (χ0n) is 11.8. The third-order valence-corrected chi connectivity index (χ3v) is 4.24. The maximum Gasteiger partial charge on any atom is 0.327 e. The zero-order valence-corrected chi connectivity index (χ0v) is 11.8. The molecule has 0 unspecified atom stereocenters. The number of carboxylic acid groups (broad SMARTS) is 1. The third-order valence-electron chi connectivity index (χ3n) is 4.24. The van der Waals surface area contributed by atoms with E-state index in [0.717, 1.165) is 18.4 Å². The maximum absolute atomic E-state index is 12.4. The van der Waals surface area contributed by atoms with Crippen molar-refractivity contribution in [1.29, 1.82) is 0 Å². The highest BCUT2D eigenvalue weighted by atomic mass is 16.5. The fourth-order valence-corrected chi connectivity index (χ4v) is 2.95. The van der Waals surface area contributed by atoms with Crippen LogP contribution in [0.1, 0.15) is 18.4 Å². The lowest BCUT2D eigenvalue weighted by molar-refractivity contribution is -0.138. The molecule has 0 aromatic heterocycles. The van der Waals surface area contributed by atoms with Gasteiger partial charge in [0.25, 0.3) is 0 Å². The van der Waals surface area contributed by atoms with Gasteiger partial charge in [0.15, 0.2) is 0 Å². The largest absolute Gasteiger partial charge is 0.480 e. The van der Waals surface area contributed by atoms with Crippen LogP contribution in [0.4, 0.5) is 10.5 Å². The minimum absolute atomic E-state index is 0.0599. The van der Waals surface area contributed by atoms with Crippen molar-refractivity contribution in [1.82, 2.24) is 5.32 Å². The second-order valence-electron chi connectivity index (χ2n) is 5.53. The van der Waals surface area contributed by atoms with E-state index in [1.165, 1.54) is 4.90 Å². The van der Waals surface area contributed by atoms with Gasteiger partial charge in [-0.25, -0.2) is 9.59 Å². The number of aliphatic carboxylic acids is 1. The molecule has 2 N–H and O–H groups in total. The van der Waals surface area contributed by atoms with Crippen LogP contribution < -0.4 is 10.2 Å². The number of rotatable bonds is 3. The first kappa shape index (κ1) is 13.9. The lowest BCUT2D eigenvalue weighted by Crippen LogP contribution is -2.54. The number of para-hydroxylation sites is 1. The first-order chi connectivity index (χ1) is 10.1. The van der Waals surface area contributed by atoms with Crippen molar-refractivity contribution in [2.75, 3.05) is 12.0 Å². The van der Waals surface area contributed by atoms with Gasteiger partial charge < -0.3 is 15.2 Å². The van der Waals surface area contributed by atoms with Crippen LogP contribution >= 0.6 is 0 Å². The van der Waals surface area contributed by atoms with Crippen molar-refractivity contribution in [2.45, 2.75) is 37.5 Å². The number of anilines is 1. The van der Waals surface area contributed by atoms with E-state index < -0.39 is 12.0 Å². The Morgan fingerprint density at radius 1 is 1.33 bits per heavy atom. The second-order valence-corrected chi connectivity index (χ2v) is 5.53. The molecule has 1 aromatic rings. The number of hydrogen-bond donors (Lipinski definition) is 2. The molecule has 21 heavy (non-hydrogen) atoms. The number of nitrogens with zero attached hydrogens (tertiary/aromatic N) is 1. The molecule has 0 saturated heterocycles.